The highest BCUT2D eigenvalue weighted by Crippen LogP contribution is 2.33. The average molecular weight is 425 g/mol. The van der Waals surface area contributed by atoms with Gasteiger partial charge in [-0.1, -0.05) is 12.1 Å². The van der Waals surface area contributed by atoms with Crippen LogP contribution in [0.1, 0.15) is 15.2 Å². The first kappa shape index (κ1) is 19.2. The molecule has 150 valence electrons. The zero-order valence-electron chi connectivity index (χ0n) is 15.0. The second-order valence-corrected chi connectivity index (χ2v) is 9.08. The Kier molecular flexibility index (Phi) is 5.54. The highest BCUT2D eigenvalue weighted by atomic mass is 32.2. The molecule has 1 aromatic heterocycles. The number of hydrogen-bond acceptors (Lipinski definition) is 7. The molecule has 4 rings (SSSR count). The minimum atomic E-state index is -3.73. The van der Waals surface area contributed by atoms with Gasteiger partial charge in [0.05, 0.1) is 13.2 Å². The van der Waals surface area contributed by atoms with Crippen molar-refractivity contribution in [2.75, 3.05) is 39.5 Å². The number of sulfonamides is 1. The van der Waals surface area contributed by atoms with Crippen LogP contribution in [0, 0.1) is 0 Å². The van der Waals surface area contributed by atoms with Crippen molar-refractivity contribution in [1.82, 2.24) is 9.62 Å². The van der Waals surface area contributed by atoms with Crippen molar-refractivity contribution in [3.63, 3.8) is 0 Å². The number of nitrogens with one attached hydrogen (secondary N) is 1. The molecule has 0 aliphatic carbocycles. The third-order valence-electron chi connectivity index (χ3n) is 4.51. The predicted molar refractivity (Wildman–Crippen MR) is 102 cm³/mol. The molecular weight excluding hydrogens is 404 g/mol. The van der Waals surface area contributed by atoms with E-state index in [4.69, 9.17) is 14.2 Å². The van der Waals surface area contributed by atoms with E-state index in [1.54, 1.807) is 5.38 Å². The van der Waals surface area contributed by atoms with Crippen LogP contribution in [0.25, 0.3) is 0 Å². The van der Waals surface area contributed by atoms with E-state index >= 15 is 0 Å². The van der Waals surface area contributed by atoms with Gasteiger partial charge < -0.3 is 19.5 Å². The molecule has 1 fully saturated rings. The smallest absolute Gasteiger partial charge is 0.263 e. The average Bonchev–Trinajstić information content (AvgIpc) is 3.23. The van der Waals surface area contributed by atoms with E-state index < -0.39 is 15.9 Å². The van der Waals surface area contributed by atoms with Gasteiger partial charge >= 0.3 is 0 Å². The highest BCUT2D eigenvalue weighted by Gasteiger charge is 2.31. The zero-order valence-corrected chi connectivity index (χ0v) is 16.7. The summed E-state index contributed by atoms with van der Waals surface area (Å²) in [6, 6.07) is 6.96. The van der Waals surface area contributed by atoms with E-state index in [1.807, 2.05) is 18.2 Å². The van der Waals surface area contributed by atoms with Gasteiger partial charge in [-0.15, -0.1) is 11.3 Å². The lowest BCUT2D eigenvalue weighted by Crippen LogP contribution is -2.41. The molecule has 2 aliphatic heterocycles. The Balaban J connectivity index is 1.50. The molecule has 1 aromatic carbocycles. The summed E-state index contributed by atoms with van der Waals surface area (Å²) in [5, 5.41) is 4.41. The third kappa shape index (κ3) is 3.72. The van der Waals surface area contributed by atoms with Gasteiger partial charge in [-0.25, -0.2) is 8.42 Å². The molecule has 1 amide bonds. The van der Waals surface area contributed by atoms with Crippen molar-refractivity contribution in [3.8, 4) is 11.5 Å². The molecule has 28 heavy (non-hydrogen) atoms. The molecule has 10 heteroatoms. The van der Waals surface area contributed by atoms with Crippen LogP contribution in [0.5, 0.6) is 11.5 Å². The Morgan fingerprint density at radius 3 is 2.71 bits per heavy atom. The van der Waals surface area contributed by atoms with Crippen LogP contribution in [-0.2, 0) is 21.3 Å². The number of nitrogens with zero attached hydrogens (tertiary/aromatic N) is 1. The molecule has 3 heterocycles. The fourth-order valence-corrected chi connectivity index (χ4v) is 5.85. The van der Waals surface area contributed by atoms with Gasteiger partial charge in [-0.05, 0) is 17.5 Å². The number of fused-ring (bicyclic) bond motifs is 1. The number of morpholine rings is 1. The fraction of sp³-hybridized carbons (Fsp3) is 0.389. The van der Waals surface area contributed by atoms with Crippen LogP contribution in [0.2, 0.25) is 0 Å². The number of ether oxygens (including phenoxy) is 3. The number of benzene rings is 1. The van der Waals surface area contributed by atoms with Gasteiger partial charge in [-0.2, -0.15) is 4.31 Å². The Labute approximate surface area is 167 Å². The normalized spacial score (nSPS) is 17.3. The second kappa shape index (κ2) is 8.08. The van der Waals surface area contributed by atoms with E-state index in [0.717, 1.165) is 16.9 Å². The van der Waals surface area contributed by atoms with Crippen LogP contribution in [0.15, 0.2) is 34.5 Å². The fourth-order valence-electron chi connectivity index (χ4n) is 3.12. The summed E-state index contributed by atoms with van der Waals surface area (Å²) in [7, 11) is -3.73. The number of carbonyl (C=O) groups excluding carboxylic acids is 1. The van der Waals surface area contributed by atoms with Gasteiger partial charge in [0.1, 0.15) is 23.0 Å². The molecule has 0 radical (unpaired) electrons. The number of carbonyl (C=O) groups is 1. The maximum Gasteiger partial charge on any atom is 0.263 e. The van der Waals surface area contributed by atoms with Gasteiger partial charge in [0, 0.05) is 25.2 Å². The standard InChI is InChI=1S/C18H20N2O6S2/c21-18(19-12-13-2-1-3-14-16(13)26-10-9-25-14)17-15(4-11-27-17)28(22,23)20-5-7-24-8-6-20/h1-4,11H,5-10,12H2,(H,19,21). The molecular formula is C18H20N2O6S2. The van der Waals surface area contributed by atoms with E-state index in [9.17, 15) is 13.2 Å². The lowest BCUT2D eigenvalue weighted by atomic mass is 10.1. The maximum absolute atomic E-state index is 12.9. The van der Waals surface area contributed by atoms with E-state index in [0.29, 0.717) is 37.9 Å². The lowest BCUT2D eigenvalue weighted by molar-refractivity contribution is 0.0730. The van der Waals surface area contributed by atoms with Crippen LogP contribution in [0.4, 0.5) is 0 Å². The molecule has 1 N–H and O–H groups in total. The molecule has 0 unspecified atom stereocenters. The summed E-state index contributed by atoms with van der Waals surface area (Å²) < 4.78 is 43.6. The minimum Gasteiger partial charge on any atom is -0.486 e. The first-order valence-corrected chi connectivity index (χ1v) is 11.2. The van der Waals surface area contributed by atoms with Crippen molar-refractivity contribution in [2.45, 2.75) is 11.4 Å². The van der Waals surface area contributed by atoms with Crippen molar-refractivity contribution in [3.05, 3.63) is 40.1 Å². The maximum atomic E-state index is 12.9. The SMILES string of the molecule is O=C(NCc1cccc2c1OCCO2)c1sccc1S(=O)(=O)N1CCOCC1. The molecule has 8 nitrogen and oxygen atoms in total. The molecule has 0 saturated carbocycles. The number of amides is 1. The minimum absolute atomic E-state index is 0.0339. The highest BCUT2D eigenvalue weighted by molar-refractivity contribution is 7.89. The van der Waals surface area contributed by atoms with E-state index in [1.165, 1.54) is 10.4 Å². The quantitative estimate of drug-likeness (QED) is 0.781. The van der Waals surface area contributed by atoms with E-state index in [-0.39, 0.29) is 29.4 Å². The summed E-state index contributed by atoms with van der Waals surface area (Å²) in [6.45, 7) is 2.42. The van der Waals surface area contributed by atoms with Gasteiger partial charge in [0.15, 0.2) is 11.5 Å². The second-order valence-electron chi connectivity index (χ2n) is 6.25. The van der Waals surface area contributed by atoms with Gasteiger partial charge in [0.2, 0.25) is 10.0 Å². The van der Waals surface area contributed by atoms with Crippen molar-refractivity contribution >= 4 is 27.3 Å². The number of rotatable bonds is 5. The summed E-state index contributed by atoms with van der Waals surface area (Å²) in [4.78, 5) is 12.9. The van der Waals surface area contributed by atoms with E-state index in [2.05, 4.69) is 5.32 Å². The monoisotopic (exact) mass is 424 g/mol. The van der Waals surface area contributed by atoms with Crippen LogP contribution in [0.3, 0.4) is 0 Å². The van der Waals surface area contributed by atoms with Gasteiger partial charge in [-0.3, -0.25) is 4.79 Å². The zero-order chi connectivity index (χ0) is 19.6. The van der Waals surface area contributed by atoms with Crippen LogP contribution >= 0.6 is 11.3 Å². The summed E-state index contributed by atoms with van der Waals surface area (Å²) in [6.07, 6.45) is 0. The lowest BCUT2D eigenvalue weighted by Gasteiger charge is -2.26. The summed E-state index contributed by atoms with van der Waals surface area (Å²) >= 11 is 1.11. The van der Waals surface area contributed by atoms with Crippen molar-refractivity contribution in [2.24, 2.45) is 0 Å². The largest absolute Gasteiger partial charge is 0.486 e. The Morgan fingerprint density at radius 2 is 1.89 bits per heavy atom. The third-order valence-corrected chi connectivity index (χ3v) is 7.49. The van der Waals surface area contributed by atoms with Crippen molar-refractivity contribution in [1.29, 1.82) is 0 Å². The Morgan fingerprint density at radius 1 is 1.11 bits per heavy atom. The number of hydrogen-bond donors (Lipinski definition) is 1. The number of thiophene rings is 1. The first-order chi connectivity index (χ1) is 13.6. The molecule has 0 bridgehead atoms. The number of para-hydroxylation sites is 1. The van der Waals surface area contributed by atoms with Crippen LogP contribution in [-0.4, -0.2) is 58.1 Å². The Bertz CT molecular complexity index is 966. The Hall–Kier alpha value is -2.14. The molecule has 2 aromatic rings. The first-order valence-electron chi connectivity index (χ1n) is 8.88. The van der Waals surface area contributed by atoms with Crippen LogP contribution < -0.4 is 14.8 Å². The summed E-state index contributed by atoms with van der Waals surface area (Å²) in [5.41, 5.74) is 0.777. The molecule has 0 atom stereocenters. The van der Waals surface area contributed by atoms with Crippen molar-refractivity contribution < 1.29 is 27.4 Å². The molecule has 1 saturated heterocycles. The molecule has 2 aliphatic rings. The predicted octanol–water partition coefficient (Wildman–Crippen LogP) is 1.47. The summed E-state index contributed by atoms with van der Waals surface area (Å²) in [5.74, 6) is 0.822. The molecule has 0 spiro atoms. The topological polar surface area (TPSA) is 94.2 Å². The van der Waals surface area contributed by atoms with Gasteiger partial charge in [0.25, 0.3) is 5.91 Å².